The number of carbonyl (C=O) groups is 1. The van der Waals surface area contributed by atoms with Crippen LogP contribution in [0.1, 0.15) is 237 Å². The number of aliphatic hydroxyl groups is 1. The van der Waals surface area contributed by atoms with Crippen molar-refractivity contribution in [2.45, 2.75) is 205 Å². The van der Waals surface area contributed by atoms with Crippen molar-refractivity contribution in [2.75, 3.05) is 0 Å². The van der Waals surface area contributed by atoms with Gasteiger partial charge in [0.2, 0.25) is 0 Å². The monoisotopic (exact) mass is 1250 g/mol. The number of thiophene rings is 1. The summed E-state index contributed by atoms with van der Waals surface area (Å²) in [6.07, 6.45) is 6.95. The van der Waals surface area contributed by atoms with Gasteiger partial charge in [0.05, 0.1) is 5.76 Å². The van der Waals surface area contributed by atoms with Gasteiger partial charge in [0.15, 0.2) is 13.9 Å². The average Bonchev–Trinajstić information content (AvgIpc) is 3.72. The van der Waals surface area contributed by atoms with E-state index in [9.17, 15) is 9.90 Å². The minimum Gasteiger partial charge on any atom is -0.512 e. The van der Waals surface area contributed by atoms with Crippen molar-refractivity contribution in [3.63, 3.8) is 0 Å². The molecule has 1 radical (unpaired) electrons. The number of ketones is 1. The van der Waals surface area contributed by atoms with Crippen LogP contribution in [0.3, 0.4) is 0 Å². The molecule has 0 atom stereocenters. The zero-order valence-electron chi connectivity index (χ0n) is 50.8. The zero-order valence-corrected chi connectivity index (χ0v) is 55.0. The molecule has 0 spiro atoms. The van der Waals surface area contributed by atoms with E-state index in [1.807, 2.05) is 45.2 Å². The molecular weight excluding hydrogens is 1150 g/mol. The van der Waals surface area contributed by atoms with Gasteiger partial charge < -0.3 is 5.11 Å². The first-order valence-electron chi connectivity index (χ1n) is 29.1. The molecule has 3 nitrogen and oxygen atoms in total. The van der Waals surface area contributed by atoms with Gasteiger partial charge in [0.1, 0.15) is 0 Å². The van der Waals surface area contributed by atoms with Crippen LogP contribution in [0.25, 0.3) is 32.1 Å². The third-order valence-corrected chi connectivity index (χ3v) is 23.2. The van der Waals surface area contributed by atoms with Crippen LogP contribution in [0.4, 0.5) is 0 Å². The van der Waals surface area contributed by atoms with Crippen LogP contribution in [-0.4, -0.2) is 23.9 Å². The molecule has 0 amide bonds. The predicted octanol–water partition coefficient (Wildman–Crippen LogP) is 18.5. The number of aliphatic hydroxyl groups excluding tert-OH is 1. The maximum atomic E-state index is 11.7. The number of carbonyl (C=O) groups excluding carboxylic acids is 1. The molecule has 0 bridgehead atoms. The Morgan fingerprint density at radius 3 is 1.38 bits per heavy atom. The van der Waals surface area contributed by atoms with Crippen molar-refractivity contribution >= 4 is 66.1 Å². The number of pyridine rings is 1. The fourth-order valence-corrected chi connectivity index (χ4v) is 18.8. The van der Waals surface area contributed by atoms with Gasteiger partial charge in [-0.15, -0.1) is 40.5 Å². The van der Waals surface area contributed by atoms with E-state index in [-0.39, 0.29) is 48.9 Å². The summed E-state index contributed by atoms with van der Waals surface area (Å²) < 4.78 is 2.77. The number of allylic oxidation sites excluding steroid dienone is 2. The number of hydrogen-bond donors (Lipinski definition) is 1. The molecule has 2 aromatic heterocycles. The van der Waals surface area contributed by atoms with Crippen molar-refractivity contribution in [1.29, 1.82) is 0 Å². The van der Waals surface area contributed by atoms with Gasteiger partial charge in [-0.25, -0.2) is 0 Å². The number of aryl methyl sites for hydroxylation is 1. The first-order chi connectivity index (χ1) is 35.8. The molecule has 0 saturated carbocycles. The molecule has 0 aliphatic heterocycles. The van der Waals surface area contributed by atoms with E-state index < -0.39 is 8.07 Å². The van der Waals surface area contributed by atoms with Crippen LogP contribution in [0.5, 0.6) is 0 Å². The van der Waals surface area contributed by atoms with Crippen molar-refractivity contribution < 1.29 is 30.0 Å². The number of fused-ring (bicyclic) bond motifs is 2. The third kappa shape index (κ3) is 13.8. The van der Waals surface area contributed by atoms with Crippen LogP contribution >= 0.6 is 11.3 Å². The predicted molar refractivity (Wildman–Crippen MR) is 337 cm³/mol. The first kappa shape index (κ1) is 63.4. The Morgan fingerprint density at radius 2 is 1.00 bits per heavy atom. The maximum absolute atomic E-state index is 11.7. The molecule has 6 heteroatoms. The molecule has 7 aromatic rings. The maximum Gasteiger partial charge on any atom is 0.191 e. The summed E-state index contributed by atoms with van der Waals surface area (Å²) in [5, 5.41) is 17.9. The van der Waals surface area contributed by atoms with Crippen molar-refractivity contribution in [3.8, 4) is 11.3 Å². The van der Waals surface area contributed by atoms with E-state index in [4.69, 9.17) is 4.98 Å². The Labute approximate surface area is 485 Å². The SMILES string of the molecule is CCC(CC)C(=O)/C=C(\O)C(CC)CC.Cc1c([Si](c2cc(C(C)C)cc(C(C)C)c2)(c2cc(C(C)C)cc(C(C)C)c2)c2cc(C(C)C)cc(C(C)C)c2)sc2c(-c3[c-]c4ccccc4c(C(C)(C)C)c3)nccc12.[Ir]. The summed E-state index contributed by atoms with van der Waals surface area (Å²) in [4.78, 5) is 17.0. The van der Waals surface area contributed by atoms with E-state index in [2.05, 4.69) is 208 Å². The normalized spacial score (nSPS) is 12.6. The molecule has 415 valence electrons. The molecule has 2 heterocycles. The van der Waals surface area contributed by atoms with Crippen LogP contribution < -0.4 is 20.1 Å². The van der Waals surface area contributed by atoms with Crippen LogP contribution in [-0.2, 0) is 30.3 Å². The summed E-state index contributed by atoms with van der Waals surface area (Å²) in [6.45, 7) is 45.9. The van der Waals surface area contributed by atoms with Crippen molar-refractivity contribution in [1.82, 2.24) is 4.98 Å². The number of nitrogens with zero attached hydrogens (tertiary/aromatic N) is 1. The topological polar surface area (TPSA) is 50.2 Å². The Hall–Kier alpha value is -4.45. The molecule has 5 aromatic carbocycles. The van der Waals surface area contributed by atoms with Gasteiger partial charge in [-0.3, -0.25) is 9.78 Å². The summed E-state index contributed by atoms with van der Waals surface area (Å²) in [6, 6.07) is 40.6. The van der Waals surface area contributed by atoms with Gasteiger partial charge in [-0.1, -0.05) is 215 Å². The van der Waals surface area contributed by atoms with Gasteiger partial charge >= 0.3 is 0 Å². The number of aromatic nitrogens is 1. The second kappa shape index (κ2) is 26.7. The van der Waals surface area contributed by atoms with Gasteiger partial charge in [-0.2, -0.15) is 0 Å². The summed E-state index contributed by atoms with van der Waals surface area (Å²) in [5.74, 6) is 2.91. The zero-order chi connectivity index (χ0) is 56.1. The van der Waals surface area contributed by atoms with Gasteiger partial charge in [0.25, 0.3) is 0 Å². The van der Waals surface area contributed by atoms with E-state index >= 15 is 0 Å². The Morgan fingerprint density at radius 1 is 0.597 bits per heavy atom. The largest absolute Gasteiger partial charge is 0.512 e. The van der Waals surface area contributed by atoms with Crippen LogP contribution in [0, 0.1) is 24.8 Å². The van der Waals surface area contributed by atoms with E-state index in [1.165, 1.54) is 86.1 Å². The fraction of sp³-hybridized carbons (Fsp3) is 0.465. The molecule has 7 rings (SSSR count). The molecule has 0 aliphatic rings. The Bertz CT molecular complexity index is 2920. The number of hydrogen-bond acceptors (Lipinski definition) is 4. The second-order valence-corrected chi connectivity index (χ2v) is 29.9. The standard InChI is InChI=1S/C58H70NSSi.C13H24O2.Ir/c1-34(2)42-24-43(35(3)4)28-49(27-42)61(50-29-44(36(5)6)25-45(30-50)37(7)8,51-31-46(38(9)10)26-47(32-51)39(11)12)57-40(13)52-21-22-59-55(56(52)60-57)48-23-41-19-17-18-20-53(41)54(33-48)58(14,15)16;1-5-10(6-2)12(14)9-13(15)11(7-3)8-4;/h17-22,24-39H,1-16H3;9-11,14H,5-8H2,1-4H3;/q-1;;/b;12-9-;. The smallest absolute Gasteiger partial charge is 0.191 e. The summed E-state index contributed by atoms with van der Waals surface area (Å²) >= 11 is 2.02. The molecule has 77 heavy (non-hydrogen) atoms. The quantitative estimate of drug-likeness (QED) is 0.0306. The van der Waals surface area contributed by atoms with Gasteiger partial charge in [0, 0.05) is 59.1 Å². The molecule has 0 saturated heterocycles. The third-order valence-electron chi connectivity index (χ3n) is 16.3. The van der Waals surface area contributed by atoms with E-state index in [1.54, 1.807) is 0 Å². The minimum atomic E-state index is -3.12. The molecule has 0 aliphatic carbocycles. The second-order valence-electron chi connectivity index (χ2n) is 24.8. The first-order valence-corrected chi connectivity index (χ1v) is 31.9. The Kier molecular flexibility index (Phi) is 22.0. The fourth-order valence-electron chi connectivity index (χ4n) is 11.0. The minimum absolute atomic E-state index is 0. The molecular formula is C71H94IrNO2SSi-. The Balaban J connectivity index is 0.000000596. The number of benzene rings is 5. The summed E-state index contributed by atoms with van der Waals surface area (Å²) in [7, 11) is -3.12. The number of rotatable bonds is 18. The van der Waals surface area contributed by atoms with E-state index in [0.29, 0.717) is 35.5 Å². The molecule has 0 unspecified atom stereocenters. The van der Waals surface area contributed by atoms with Crippen molar-refractivity contribution in [3.05, 3.63) is 160 Å². The summed E-state index contributed by atoms with van der Waals surface area (Å²) in [5.41, 5.74) is 13.3. The molecule has 0 fully saturated rings. The van der Waals surface area contributed by atoms with Crippen LogP contribution in [0.15, 0.2) is 109 Å². The van der Waals surface area contributed by atoms with Crippen molar-refractivity contribution in [2.24, 2.45) is 11.8 Å². The van der Waals surface area contributed by atoms with E-state index in [0.717, 1.165) is 42.3 Å². The van der Waals surface area contributed by atoms with Gasteiger partial charge in [-0.05, 0) is 139 Å². The van der Waals surface area contributed by atoms with Crippen LogP contribution in [0.2, 0.25) is 0 Å². The molecule has 1 N–H and O–H groups in total. The average molecular weight is 1250 g/mol.